The van der Waals surface area contributed by atoms with Gasteiger partial charge in [0.2, 0.25) is 0 Å². The number of hydrogen-bond donors (Lipinski definition) is 1. The first-order valence-corrected chi connectivity index (χ1v) is 9.02. The number of nitrogens with zero attached hydrogens (tertiary/aromatic N) is 1. The van der Waals surface area contributed by atoms with Crippen LogP contribution in [0.5, 0.6) is 0 Å². The van der Waals surface area contributed by atoms with E-state index >= 15 is 0 Å². The van der Waals surface area contributed by atoms with E-state index in [0.29, 0.717) is 21.7 Å². The summed E-state index contributed by atoms with van der Waals surface area (Å²) < 4.78 is 29.2. The fraction of sp³-hybridized carbons (Fsp3) is 0.0952. The molecule has 0 aliphatic rings. The summed E-state index contributed by atoms with van der Waals surface area (Å²) in [6, 6.07) is 16.6. The van der Waals surface area contributed by atoms with Crippen molar-refractivity contribution in [2.45, 2.75) is 9.79 Å². The number of hydrogen-bond acceptors (Lipinski definition) is 3. The monoisotopic (exact) mass is 384 g/mol. The van der Waals surface area contributed by atoms with Crippen LogP contribution < -0.4 is 5.73 Å². The van der Waals surface area contributed by atoms with E-state index in [1.807, 2.05) is 0 Å². The fourth-order valence-corrected chi connectivity index (χ4v) is 3.45. The summed E-state index contributed by atoms with van der Waals surface area (Å²) in [7, 11) is 3.34. The van der Waals surface area contributed by atoms with E-state index in [1.165, 1.54) is 17.0 Å². The molecule has 0 aliphatic carbocycles. The number of nitrogen functional groups attached to an aromatic ring is 1. The maximum Gasteiger partial charge on any atom is 0.253 e. The van der Waals surface area contributed by atoms with Crippen molar-refractivity contribution in [2.24, 2.45) is 0 Å². The fourth-order valence-electron chi connectivity index (χ4n) is 2.61. The molecule has 0 aromatic heterocycles. The van der Waals surface area contributed by atoms with E-state index < -0.39 is 11.6 Å². The number of carbonyl (C=O) groups excluding carboxylic acids is 1. The molecule has 1 amide bonds. The van der Waals surface area contributed by atoms with Crippen molar-refractivity contribution in [3.8, 4) is 11.1 Å². The number of nitrogens with two attached hydrogens (primary N) is 1. The quantitative estimate of drug-likeness (QED) is 0.639. The Hall–Kier alpha value is -2.86. The smallest absolute Gasteiger partial charge is 0.253 e. The molecule has 3 aromatic carbocycles. The second kappa shape index (κ2) is 7.80. The first-order valence-electron chi connectivity index (χ1n) is 8.21. The van der Waals surface area contributed by atoms with Crippen LogP contribution in [0.25, 0.3) is 11.1 Å². The number of benzene rings is 3. The number of carbonyl (C=O) groups is 1. The van der Waals surface area contributed by atoms with Gasteiger partial charge in [0, 0.05) is 41.4 Å². The summed E-state index contributed by atoms with van der Waals surface area (Å²) in [4.78, 5) is 14.3. The summed E-state index contributed by atoms with van der Waals surface area (Å²) in [6.45, 7) is 0. The van der Waals surface area contributed by atoms with Crippen LogP contribution >= 0.6 is 11.8 Å². The Morgan fingerprint density at radius 2 is 1.56 bits per heavy atom. The molecule has 6 heteroatoms. The molecule has 0 aliphatic heterocycles. The Labute approximate surface area is 160 Å². The molecular weight excluding hydrogens is 366 g/mol. The molecule has 0 saturated carbocycles. The van der Waals surface area contributed by atoms with Gasteiger partial charge in [-0.2, -0.15) is 0 Å². The van der Waals surface area contributed by atoms with Gasteiger partial charge in [-0.05, 0) is 36.4 Å². The Bertz CT molecular complexity index is 988. The van der Waals surface area contributed by atoms with Gasteiger partial charge in [0.05, 0.1) is 4.90 Å². The largest absolute Gasteiger partial charge is 0.398 e. The van der Waals surface area contributed by atoms with E-state index in [1.54, 1.807) is 62.6 Å². The molecule has 3 rings (SSSR count). The summed E-state index contributed by atoms with van der Waals surface area (Å²) >= 11 is 1.09. The molecule has 0 atom stereocenters. The molecule has 0 bridgehead atoms. The first kappa shape index (κ1) is 18.9. The second-order valence-corrected chi connectivity index (χ2v) is 7.27. The van der Waals surface area contributed by atoms with Crippen LogP contribution in [0, 0.1) is 11.6 Å². The summed E-state index contributed by atoms with van der Waals surface area (Å²) in [6.07, 6.45) is 0. The van der Waals surface area contributed by atoms with Gasteiger partial charge in [0.15, 0.2) is 11.6 Å². The van der Waals surface area contributed by atoms with Gasteiger partial charge in [-0.1, -0.05) is 36.0 Å². The highest BCUT2D eigenvalue weighted by Crippen LogP contribution is 2.36. The number of rotatable bonds is 4. The molecule has 0 fully saturated rings. The highest BCUT2D eigenvalue weighted by Gasteiger charge is 2.17. The second-order valence-electron chi connectivity index (χ2n) is 6.15. The maximum absolute atomic E-state index is 14.6. The lowest BCUT2D eigenvalue weighted by Crippen LogP contribution is -2.21. The van der Waals surface area contributed by atoms with Crippen molar-refractivity contribution in [3.05, 3.63) is 77.9 Å². The third-order valence-corrected chi connectivity index (χ3v) is 5.08. The van der Waals surface area contributed by atoms with E-state index in [4.69, 9.17) is 5.73 Å². The number of halogens is 2. The molecule has 27 heavy (non-hydrogen) atoms. The molecule has 0 radical (unpaired) electrons. The lowest BCUT2D eigenvalue weighted by Gasteiger charge is -2.12. The van der Waals surface area contributed by atoms with Gasteiger partial charge in [-0.25, -0.2) is 8.78 Å². The van der Waals surface area contributed by atoms with Crippen molar-refractivity contribution in [1.82, 2.24) is 4.90 Å². The highest BCUT2D eigenvalue weighted by molar-refractivity contribution is 7.99. The Balaban J connectivity index is 1.87. The van der Waals surface area contributed by atoms with Gasteiger partial charge >= 0.3 is 0 Å². The lowest BCUT2D eigenvalue weighted by atomic mass is 10.0. The van der Waals surface area contributed by atoms with Crippen LogP contribution in [0.15, 0.2) is 70.5 Å². The van der Waals surface area contributed by atoms with Crippen molar-refractivity contribution in [2.75, 3.05) is 19.8 Å². The standard InChI is InChI=1S/C21H18F2N2OS/c1-25(2)21(26)13-7-9-14(10-8-13)27-18-12-11-16(19(22)20(18)23)15-5-3-4-6-17(15)24/h3-12H,24H2,1-2H3. The van der Waals surface area contributed by atoms with Crippen LogP contribution in [0.4, 0.5) is 14.5 Å². The molecule has 2 N–H and O–H groups in total. The van der Waals surface area contributed by atoms with Crippen LogP contribution in [0.1, 0.15) is 10.4 Å². The topological polar surface area (TPSA) is 46.3 Å². The normalized spacial score (nSPS) is 10.7. The summed E-state index contributed by atoms with van der Waals surface area (Å²) in [5.41, 5.74) is 7.37. The minimum Gasteiger partial charge on any atom is -0.398 e. The van der Waals surface area contributed by atoms with Gasteiger partial charge in [0.1, 0.15) is 0 Å². The van der Waals surface area contributed by atoms with E-state index in [2.05, 4.69) is 0 Å². The van der Waals surface area contributed by atoms with Crippen LogP contribution in [-0.4, -0.2) is 24.9 Å². The Morgan fingerprint density at radius 3 is 2.19 bits per heavy atom. The van der Waals surface area contributed by atoms with Crippen LogP contribution in [0.2, 0.25) is 0 Å². The van der Waals surface area contributed by atoms with Crippen molar-refractivity contribution < 1.29 is 13.6 Å². The molecule has 3 aromatic rings. The highest BCUT2D eigenvalue weighted by atomic mass is 32.2. The average molecular weight is 384 g/mol. The maximum atomic E-state index is 14.6. The number of amides is 1. The van der Waals surface area contributed by atoms with E-state index in [-0.39, 0.29) is 16.4 Å². The van der Waals surface area contributed by atoms with E-state index in [0.717, 1.165) is 11.8 Å². The van der Waals surface area contributed by atoms with Gasteiger partial charge in [-0.15, -0.1) is 0 Å². The predicted octanol–water partition coefficient (Wildman–Crippen LogP) is 5.07. The molecule has 0 heterocycles. The molecule has 0 spiro atoms. The Morgan fingerprint density at radius 1 is 0.889 bits per heavy atom. The van der Waals surface area contributed by atoms with Gasteiger partial charge in [0.25, 0.3) is 5.91 Å². The summed E-state index contributed by atoms with van der Waals surface area (Å²) in [5, 5.41) is 0. The van der Waals surface area contributed by atoms with Crippen molar-refractivity contribution >= 4 is 23.4 Å². The van der Waals surface area contributed by atoms with Crippen molar-refractivity contribution in [1.29, 1.82) is 0 Å². The predicted molar refractivity (Wildman–Crippen MR) is 105 cm³/mol. The third-order valence-electron chi connectivity index (χ3n) is 4.03. The SMILES string of the molecule is CN(C)C(=O)c1ccc(Sc2ccc(-c3ccccc3N)c(F)c2F)cc1. The molecule has 0 saturated heterocycles. The van der Waals surface area contributed by atoms with Crippen molar-refractivity contribution in [3.63, 3.8) is 0 Å². The number of anilines is 1. The van der Waals surface area contributed by atoms with Gasteiger partial charge in [-0.3, -0.25) is 4.79 Å². The minimum atomic E-state index is -0.933. The van der Waals surface area contributed by atoms with Gasteiger partial charge < -0.3 is 10.6 Å². The van der Waals surface area contributed by atoms with Crippen LogP contribution in [-0.2, 0) is 0 Å². The molecular formula is C21H18F2N2OS. The summed E-state index contributed by atoms with van der Waals surface area (Å²) in [5.74, 6) is -1.97. The molecule has 138 valence electrons. The van der Waals surface area contributed by atoms with Crippen LogP contribution in [0.3, 0.4) is 0 Å². The van der Waals surface area contributed by atoms with E-state index in [9.17, 15) is 13.6 Å². The lowest BCUT2D eigenvalue weighted by molar-refractivity contribution is 0.0827. The average Bonchev–Trinajstić information content (AvgIpc) is 2.66. The first-order chi connectivity index (χ1) is 12.9. The zero-order valence-corrected chi connectivity index (χ0v) is 15.7. The molecule has 3 nitrogen and oxygen atoms in total. The minimum absolute atomic E-state index is 0.117. The molecule has 0 unspecified atom stereocenters. The zero-order chi connectivity index (χ0) is 19.6. The number of para-hydroxylation sites is 1. The Kier molecular flexibility index (Phi) is 5.46. The zero-order valence-electron chi connectivity index (χ0n) is 14.9. The third kappa shape index (κ3) is 3.95.